The van der Waals surface area contributed by atoms with Gasteiger partial charge in [-0.3, -0.25) is 0 Å². The van der Waals surface area contributed by atoms with Crippen LogP contribution < -0.4 is 0 Å². The lowest BCUT2D eigenvalue weighted by Crippen LogP contribution is -1.87. The minimum Gasteiger partial charge on any atom is -0.192 e. The molecule has 0 bridgehead atoms. The van der Waals surface area contributed by atoms with Gasteiger partial charge in [-0.1, -0.05) is 0 Å². The van der Waals surface area contributed by atoms with Crippen molar-refractivity contribution in [1.29, 1.82) is 5.26 Å². The summed E-state index contributed by atoms with van der Waals surface area (Å²) in [5.41, 5.74) is 2.85. The Kier molecular flexibility index (Phi) is 2.21. The molecule has 0 radical (unpaired) electrons. The maximum absolute atomic E-state index is 8.66. The van der Waals surface area contributed by atoms with Crippen LogP contribution in [-0.4, -0.2) is 0 Å². The summed E-state index contributed by atoms with van der Waals surface area (Å²) in [6, 6.07) is 5.78. The van der Waals surface area contributed by atoms with Gasteiger partial charge in [0.1, 0.15) is 0 Å². The lowest BCUT2D eigenvalue weighted by atomic mass is 10.0. The molecule has 0 atom stereocenters. The average Bonchev–Trinajstić information content (AvgIpc) is 2.01. The Hall–Kier alpha value is -0.940. The van der Waals surface area contributed by atoms with Crippen molar-refractivity contribution in [1.82, 2.24) is 0 Å². The van der Waals surface area contributed by atoms with Gasteiger partial charge >= 0.3 is 0 Å². The Morgan fingerprint density at radius 2 is 1.91 bits per heavy atom. The highest BCUT2D eigenvalue weighted by Crippen LogP contribution is 2.19. The fourth-order valence-corrected chi connectivity index (χ4v) is 1.17. The van der Waals surface area contributed by atoms with Crippen molar-refractivity contribution in [3.63, 3.8) is 0 Å². The molecule has 11 heavy (non-hydrogen) atoms. The van der Waals surface area contributed by atoms with Crippen LogP contribution in [0.1, 0.15) is 16.7 Å². The van der Waals surface area contributed by atoms with Gasteiger partial charge in [0, 0.05) is 4.90 Å². The van der Waals surface area contributed by atoms with Gasteiger partial charge in [0.2, 0.25) is 0 Å². The summed E-state index contributed by atoms with van der Waals surface area (Å²) in [7, 11) is 0. The second-order valence-electron chi connectivity index (χ2n) is 2.49. The fourth-order valence-electron chi connectivity index (χ4n) is 0.927. The zero-order valence-electron chi connectivity index (χ0n) is 6.55. The van der Waals surface area contributed by atoms with Crippen molar-refractivity contribution >= 4 is 12.6 Å². The monoisotopic (exact) mass is 163 g/mol. The van der Waals surface area contributed by atoms with E-state index in [-0.39, 0.29) is 0 Å². The fraction of sp³-hybridized carbons (Fsp3) is 0.222. The van der Waals surface area contributed by atoms with Crippen LogP contribution in [0, 0.1) is 25.2 Å². The second-order valence-corrected chi connectivity index (χ2v) is 2.98. The van der Waals surface area contributed by atoms with Crippen LogP contribution >= 0.6 is 12.6 Å². The lowest BCUT2D eigenvalue weighted by Gasteiger charge is -2.03. The molecule has 0 unspecified atom stereocenters. The second kappa shape index (κ2) is 2.98. The summed E-state index contributed by atoms with van der Waals surface area (Å²) in [4.78, 5) is 0.946. The van der Waals surface area contributed by atoms with E-state index < -0.39 is 0 Å². The van der Waals surface area contributed by atoms with Crippen LogP contribution in [0.2, 0.25) is 0 Å². The summed E-state index contributed by atoms with van der Waals surface area (Å²) in [6.07, 6.45) is 0. The minimum absolute atomic E-state index is 0.736. The molecular formula is C9H9NS. The Labute approximate surface area is 72.1 Å². The molecule has 0 aliphatic rings. The average molecular weight is 163 g/mol. The Balaban J connectivity index is 3.40. The normalized spacial score (nSPS) is 9.27. The third-order valence-corrected chi connectivity index (χ3v) is 2.36. The largest absolute Gasteiger partial charge is 0.192 e. The van der Waals surface area contributed by atoms with Gasteiger partial charge in [0.15, 0.2) is 0 Å². The van der Waals surface area contributed by atoms with E-state index in [1.807, 2.05) is 19.9 Å². The third kappa shape index (κ3) is 1.38. The van der Waals surface area contributed by atoms with Crippen molar-refractivity contribution in [3.8, 4) is 6.07 Å². The maximum Gasteiger partial charge on any atom is 0.0994 e. The predicted molar refractivity (Wildman–Crippen MR) is 47.9 cm³/mol. The van der Waals surface area contributed by atoms with Crippen LogP contribution in [0.4, 0.5) is 0 Å². The van der Waals surface area contributed by atoms with E-state index in [9.17, 15) is 0 Å². The first-order chi connectivity index (χ1) is 5.16. The van der Waals surface area contributed by atoms with E-state index in [2.05, 4.69) is 18.7 Å². The number of thiol groups is 1. The number of hydrogen-bond acceptors (Lipinski definition) is 2. The third-order valence-electron chi connectivity index (χ3n) is 1.88. The Morgan fingerprint density at radius 1 is 1.27 bits per heavy atom. The van der Waals surface area contributed by atoms with Crippen LogP contribution in [-0.2, 0) is 0 Å². The molecule has 1 rings (SSSR count). The number of nitrogens with zero attached hydrogens (tertiary/aromatic N) is 1. The van der Waals surface area contributed by atoms with Crippen molar-refractivity contribution < 1.29 is 0 Å². The predicted octanol–water partition coefficient (Wildman–Crippen LogP) is 2.46. The molecule has 0 aliphatic carbocycles. The number of nitriles is 1. The van der Waals surface area contributed by atoms with Crippen molar-refractivity contribution in [2.24, 2.45) is 0 Å². The van der Waals surface area contributed by atoms with Crippen LogP contribution in [0.3, 0.4) is 0 Å². The van der Waals surface area contributed by atoms with Gasteiger partial charge in [-0.15, -0.1) is 12.6 Å². The summed E-state index contributed by atoms with van der Waals surface area (Å²) in [6.45, 7) is 3.91. The first-order valence-corrected chi connectivity index (χ1v) is 3.81. The molecular weight excluding hydrogens is 154 g/mol. The van der Waals surface area contributed by atoms with Crippen LogP contribution in [0.15, 0.2) is 17.0 Å². The van der Waals surface area contributed by atoms with Gasteiger partial charge in [-0.25, -0.2) is 0 Å². The topological polar surface area (TPSA) is 23.8 Å². The summed E-state index contributed by atoms with van der Waals surface area (Å²) < 4.78 is 0. The smallest absolute Gasteiger partial charge is 0.0994 e. The standard InChI is InChI=1S/C9H9NS/c1-6-7(2)9(11)4-3-8(6)5-10/h3-4,11H,1-2H3. The number of rotatable bonds is 0. The highest BCUT2D eigenvalue weighted by molar-refractivity contribution is 7.80. The van der Waals surface area contributed by atoms with Crippen molar-refractivity contribution in [2.75, 3.05) is 0 Å². The number of hydrogen-bond donors (Lipinski definition) is 1. The Bertz CT molecular complexity index is 323. The molecule has 0 N–H and O–H groups in total. The zero-order chi connectivity index (χ0) is 8.43. The molecule has 1 nitrogen and oxygen atoms in total. The summed E-state index contributed by atoms with van der Waals surface area (Å²) >= 11 is 4.24. The van der Waals surface area contributed by atoms with Gasteiger partial charge in [-0.05, 0) is 37.1 Å². The molecule has 0 saturated heterocycles. The molecule has 2 heteroatoms. The molecule has 56 valence electrons. The van der Waals surface area contributed by atoms with E-state index in [4.69, 9.17) is 5.26 Å². The number of benzene rings is 1. The molecule has 0 saturated carbocycles. The molecule has 0 amide bonds. The first kappa shape index (κ1) is 8.16. The van der Waals surface area contributed by atoms with E-state index in [0.717, 1.165) is 21.6 Å². The van der Waals surface area contributed by atoms with Crippen molar-refractivity contribution in [3.05, 3.63) is 28.8 Å². The van der Waals surface area contributed by atoms with Gasteiger partial charge < -0.3 is 0 Å². The van der Waals surface area contributed by atoms with Crippen molar-refractivity contribution in [2.45, 2.75) is 18.7 Å². The SMILES string of the molecule is Cc1c(S)ccc(C#N)c1C. The Morgan fingerprint density at radius 3 is 2.45 bits per heavy atom. The zero-order valence-corrected chi connectivity index (χ0v) is 7.44. The highest BCUT2D eigenvalue weighted by atomic mass is 32.1. The quantitative estimate of drug-likeness (QED) is 0.583. The summed E-state index contributed by atoms with van der Waals surface area (Å²) in [5.74, 6) is 0. The summed E-state index contributed by atoms with van der Waals surface area (Å²) in [5, 5.41) is 8.66. The van der Waals surface area contributed by atoms with E-state index in [0.29, 0.717) is 0 Å². The molecule has 0 heterocycles. The van der Waals surface area contributed by atoms with E-state index in [1.54, 1.807) is 6.07 Å². The lowest BCUT2D eigenvalue weighted by molar-refractivity contribution is 1.22. The molecule has 0 fully saturated rings. The van der Waals surface area contributed by atoms with Gasteiger partial charge in [0.25, 0.3) is 0 Å². The highest BCUT2D eigenvalue weighted by Gasteiger charge is 2.01. The van der Waals surface area contributed by atoms with E-state index >= 15 is 0 Å². The van der Waals surface area contributed by atoms with Crippen LogP contribution in [0.25, 0.3) is 0 Å². The minimum atomic E-state index is 0.736. The van der Waals surface area contributed by atoms with Gasteiger partial charge in [0.05, 0.1) is 11.6 Å². The van der Waals surface area contributed by atoms with Gasteiger partial charge in [-0.2, -0.15) is 5.26 Å². The molecule has 0 spiro atoms. The molecule has 1 aromatic rings. The molecule has 1 aromatic carbocycles. The first-order valence-electron chi connectivity index (χ1n) is 3.36. The molecule has 0 aromatic heterocycles. The molecule has 0 aliphatic heterocycles. The maximum atomic E-state index is 8.66. The van der Waals surface area contributed by atoms with Crippen LogP contribution in [0.5, 0.6) is 0 Å². The van der Waals surface area contributed by atoms with E-state index in [1.165, 1.54) is 0 Å².